The molecule has 1 saturated carbocycles. The number of nitrogens with zero attached hydrogens (tertiary/aromatic N) is 1. The van der Waals surface area contributed by atoms with Crippen molar-refractivity contribution in [3.05, 3.63) is 23.8 Å². The Balaban J connectivity index is 0.00000176. The summed E-state index contributed by atoms with van der Waals surface area (Å²) in [6.07, 6.45) is 3.33. The van der Waals surface area contributed by atoms with Crippen LogP contribution in [0.15, 0.2) is 18.2 Å². The number of ketones is 1. The summed E-state index contributed by atoms with van der Waals surface area (Å²) in [5.74, 6) is 1.90. The molecule has 2 atom stereocenters. The van der Waals surface area contributed by atoms with Crippen LogP contribution in [0.5, 0.6) is 11.5 Å². The Hall–Kier alpha value is -1.26. The van der Waals surface area contributed by atoms with E-state index in [0.29, 0.717) is 24.7 Å². The molecule has 0 aromatic heterocycles. The molecule has 0 N–H and O–H groups in total. The van der Waals surface area contributed by atoms with Gasteiger partial charge in [-0.2, -0.15) is 0 Å². The number of rotatable bonds is 3. The van der Waals surface area contributed by atoms with Crippen molar-refractivity contribution >= 4 is 18.2 Å². The number of carbonyl (C=O) groups excluding carboxylic acids is 1. The molecule has 1 saturated heterocycles. The summed E-state index contributed by atoms with van der Waals surface area (Å²) in [5.41, 5.74) is 1.04. The molecule has 5 heteroatoms. The predicted molar refractivity (Wildman–Crippen MR) is 88.4 cm³/mol. The van der Waals surface area contributed by atoms with Crippen molar-refractivity contribution < 1.29 is 14.3 Å². The second kappa shape index (κ2) is 6.47. The van der Waals surface area contributed by atoms with E-state index in [9.17, 15) is 4.79 Å². The van der Waals surface area contributed by atoms with Gasteiger partial charge in [0.15, 0.2) is 11.5 Å². The minimum Gasteiger partial charge on any atom is -0.493 e. The molecule has 1 aromatic carbocycles. The Morgan fingerprint density at radius 2 is 2.05 bits per heavy atom. The maximum absolute atomic E-state index is 12.3. The normalized spacial score (nSPS) is 28.0. The highest BCUT2D eigenvalue weighted by molar-refractivity contribution is 5.85. The van der Waals surface area contributed by atoms with Gasteiger partial charge >= 0.3 is 0 Å². The minimum absolute atomic E-state index is 0. The summed E-state index contributed by atoms with van der Waals surface area (Å²) in [7, 11) is 5.45. The van der Waals surface area contributed by atoms with Gasteiger partial charge in [0.25, 0.3) is 0 Å². The first-order valence-electron chi connectivity index (χ1n) is 7.53. The number of Topliss-reactive ketones (excluding diaryl/α,β-unsaturated/α-hetero) is 1. The lowest BCUT2D eigenvalue weighted by atomic mass is 9.63. The van der Waals surface area contributed by atoms with Crippen molar-refractivity contribution in [1.29, 1.82) is 0 Å². The van der Waals surface area contributed by atoms with Crippen LogP contribution in [0.2, 0.25) is 0 Å². The van der Waals surface area contributed by atoms with E-state index < -0.39 is 0 Å². The number of halogens is 1. The van der Waals surface area contributed by atoms with Crippen LogP contribution in [-0.4, -0.2) is 44.5 Å². The molecular formula is C17H24ClNO3. The van der Waals surface area contributed by atoms with Crippen LogP contribution in [0.1, 0.15) is 31.2 Å². The fraction of sp³-hybridized carbons (Fsp3) is 0.588. The first kappa shape index (κ1) is 17.1. The molecule has 2 fully saturated rings. The molecule has 4 nitrogen and oxygen atoms in total. The van der Waals surface area contributed by atoms with E-state index in [-0.39, 0.29) is 17.8 Å². The van der Waals surface area contributed by atoms with Crippen LogP contribution in [0.3, 0.4) is 0 Å². The number of methoxy groups -OCH3 is 2. The average molecular weight is 326 g/mol. The number of hydrogen-bond donors (Lipinski definition) is 0. The minimum atomic E-state index is -0.0909. The number of likely N-dealkylation sites (tertiary alicyclic amines) is 1. The smallest absolute Gasteiger partial charge is 0.164 e. The molecule has 1 aliphatic carbocycles. The lowest BCUT2D eigenvalue weighted by Gasteiger charge is -2.49. The van der Waals surface area contributed by atoms with E-state index >= 15 is 0 Å². The molecule has 2 bridgehead atoms. The first-order valence-corrected chi connectivity index (χ1v) is 7.53. The fourth-order valence-electron chi connectivity index (χ4n) is 4.03. The molecule has 0 amide bonds. The molecule has 3 rings (SSSR count). The molecule has 0 radical (unpaired) electrons. The van der Waals surface area contributed by atoms with Gasteiger partial charge in [-0.15, -0.1) is 12.4 Å². The number of carbonyl (C=O) groups is 1. The summed E-state index contributed by atoms with van der Waals surface area (Å²) in [6.45, 7) is 1.03. The zero-order valence-corrected chi connectivity index (χ0v) is 14.2. The lowest BCUT2D eigenvalue weighted by molar-refractivity contribution is -0.126. The number of piperidine rings is 1. The summed E-state index contributed by atoms with van der Waals surface area (Å²) >= 11 is 0. The molecule has 2 aliphatic rings. The molecule has 0 spiro atoms. The van der Waals surface area contributed by atoms with Crippen molar-refractivity contribution in [3.8, 4) is 11.5 Å². The molecule has 1 aromatic rings. The Bertz CT molecular complexity index is 563. The molecule has 2 unspecified atom stereocenters. The third-order valence-corrected chi connectivity index (χ3v) is 5.17. The van der Waals surface area contributed by atoms with Crippen molar-refractivity contribution in [2.75, 3.05) is 27.8 Å². The van der Waals surface area contributed by atoms with Gasteiger partial charge in [-0.3, -0.25) is 4.79 Å². The SMILES string of the molecule is COc1cccc(C23CCN(C)C(CC(=O)C2)C3)c1OC.Cl. The van der Waals surface area contributed by atoms with Crippen molar-refractivity contribution in [3.63, 3.8) is 0 Å². The third-order valence-electron chi connectivity index (χ3n) is 5.17. The van der Waals surface area contributed by atoms with E-state index in [1.165, 1.54) is 0 Å². The van der Waals surface area contributed by atoms with Crippen molar-refractivity contribution in [2.24, 2.45) is 0 Å². The van der Waals surface area contributed by atoms with Gasteiger partial charge in [-0.1, -0.05) is 12.1 Å². The summed E-state index contributed by atoms with van der Waals surface area (Å²) in [5, 5.41) is 0. The highest BCUT2D eigenvalue weighted by Gasteiger charge is 2.47. The first-order chi connectivity index (χ1) is 10.1. The second-order valence-electron chi connectivity index (χ2n) is 6.33. The highest BCUT2D eigenvalue weighted by atomic mass is 35.5. The van der Waals surface area contributed by atoms with Crippen molar-refractivity contribution in [1.82, 2.24) is 4.90 Å². The number of para-hydroxylation sites is 1. The van der Waals surface area contributed by atoms with Gasteiger partial charge in [-0.05, 0) is 32.5 Å². The van der Waals surface area contributed by atoms with Crippen LogP contribution in [0, 0.1) is 0 Å². The number of benzene rings is 1. The Morgan fingerprint density at radius 3 is 2.73 bits per heavy atom. The zero-order chi connectivity index (χ0) is 15.0. The quantitative estimate of drug-likeness (QED) is 0.856. The summed E-state index contributed by atoms with van der Waals surface area (Å²) in [6, 6.07) is 6.37. The average Bonchev–Trinajstić information content (AvgIpc) is 2.50. The van der Waals surface area contributed by atoms with E-state index in [0.717, 1.165) is 36.4 Å². The fourth-order valence-corrected chi connectivity index (χ4v) is 4.03. The van der Waals surface area contributed by atoms with Gasteiger partial charge in [0, 0.05) is 29.9 Å². The van der Waals surface area contributed by atoms with Crippen LogP contribution >= 0.6 is 12.4 Å². The van der Waals surface area contributed by atoms with Gasteiger partial charge < -0.3 is 14.4 Å². The van der Waals surface area contributed by atoms with E-state index in [1.807, 2.05) is 12.1 Å². The molecule has 122 valence electrons. The van der Waals surface area contributed by atoms with E-state index in [1.54, 1.807) is 14.2 Å². The van der Waals surface area contributed by atoms with Crippen LogP contribution in [-0.2, 0) is 10.2 Å². The predicted octanol–water partition coefficient (Wildman–Crippen LogP) is 2.82. The van der Waals surface area contributed by atoms with Crippen LogP contribution < -0.4 is 9.47 Å². The molecule has 1 heterocycles. The number of fused-ring (bicyclic) bond motifs is 2. The zero-order valence-electron chi connectivity index (χ0n) is 13.4. The molecule has 1 aliphatic heterocycles. The Labute approximate surface area is 138 Å². The topological polar surface area (TPSA) is 38.8 Å². The van der Waals surface area contributed by atoms with Crippen molar-refractivity contribution in [2.45, 2.75) is 37.1 Å². The maximum atomic E-state index is 12.3. The monoisotopic (exact) mass is 325 g/mol. The maximum Gasteiger partial charge on any atom is 0.164 e. The van der Waals surface area contributed by atoms with Gasteiger partial charge in [-0.25, -0.2) is 0 Å². The largest absolute Gasteiger partial charge is 0.493 e. The Kier molecular flexibility index (Phi) is 5.03. The third kappa shape index (κ3) is 2.70. The van der Waals surface area contributed by atoms with Crippen LogP contribution in [0.4, 0.5) is 0 Å². The molecule has 22 heavy (non-hydrogen) atoms. The van der Waals surface area contributed by atoms with Gasteiger partial charge in [0.2, 0.25) is 0 Å². The number of ether oxygens (including phenoxy) is 2. The van der Waals surface area contributed by atoms with E-state index in [4.69, 9.17) is 9.47 Å². The highest BCUT2D eigenvalue weighted by Crippen LogP contribution is 2.50. The molecular weight excluding hydrogens is 302 g/mol. The number of hydrogen-bond acceptors (Lipinski definition) is 4. The standard InChI is InChI=1S/C17H23NO3.ClH/c1-18-8-7-17(10-12(18)9-13(19)11-17)14-5-4-6-15(20-2)16(14)21-3;/h4-6,12H,7-11H2,1-3H3;1H. The van der Waals surface area contributed by atoms with Gasteiger partial charge in [0.1, 0.15) is 5.78 Å². The van der Waals surface area contributed by atoms with Crippen LogP contribution in [0.25, 0.3) is 0 Å². The summed E-state index contributed by atoms with van der Waals surface area (Å²) in [4.78, 5) is 14.6. The lowest BCUT2D eigenvalue weighted by Crippen LogP contribution is -2.52. The Morgan fingerprint density at radius 1 is 1.27 bits per heavy atom. The second-order valence-corrected chi connectivity index (χ2v) is 6.33. The van der Waals surface area contributed by atoms with Gasteiger partial charge in [0.05, 0.1) is 14.2 Å². The van der Waals surface area contributed by atoms with E-state index in [2.05, 4.69) is 18.0 Å². The summed E-state index contributed by atoms with van der Waals surface area (Å²) < 4.78 is 11.0.